The third-order valence-electron chi connectivity index (χ3n) is 9.93. The Labute approximate surface area is 285 Å². The van der Waals surface area contributed by atoms with Crippen LogP contribution in [0.25, 0.3) is 0 Å². The highest BCUT2D eigenvalue weighted by atomic mass is 35.5. The Morgan fingerprint density at radius 1 is 0.936 bits per heavy atom. The Morgan fingerprint density at radius 3 is 2.40 bits per heavy atom. The van der Waals surface area contributed by atoms with Crippen LogP contribution in [0.15, 0.2) is 93.9 Å². The maximum atomic E-state index is 11.3. The summed E-state index contributed by atoms with van der Waals surface area (Å²) >= 11 is 7.19. The summed E-state index contributed by atoms with van der Waals surface area (Å²) in [6.07, 6.45) is 20.1. The molecule has 0 aromatic heterocycles. The minimum atomic E-state index is -0.245. The molecule has 0 saturated heterocycles. The quantitative estimate of drug-likeness (QED) is 0.135. The average Bonchev–Trinajstić information content (AvgIpc) is 3.38. The number of allylic oxidation sites excluding steroid dienone is 10. The number of ether oxygens (including phenoxy) is 2. The van der Waals surface area contributed by atoms with Crippen molar-refractivity contribution in [1.29, 1.82) is 0 Å². The third-order valence-corrected chi connectivity index (χ3v) is 10.4. The maximum Gasteiger partial charge on any atom is 0.302 e. The van der Waals surface area contributed by atoms with Gasteiger partial charge in [-0.15, -0.1) is 0 Å². The Balaban J connectivity index is 1.43. The van der Waals surface area contributed by atoms with Crippen molar-refractivity contribution >= 4 is 34.9 Å². The fourth-order valence-electron chi connectivity index (χ4n) is 7.52. The van der Waals surface area contributed by atoms with Gasteiger partial charge in [-0.25, -0.2) is 0 Å². The van der Waals surface area contributed by atoms with Crippen molar-refractivity contribution in [2.45, 2.75) is 91.9 Å². The van der Waals surface area contributed by atoms with Gasteiger partial charge in [0.15, 0.2) is 12.3 Å². The summed E-state index contributed by atoms with van der Waals surface area (Å²) in [5, 5.41) is 0.842. The number of rotatable bonds is 11. The molecule has 47 heavy (non-hydrogen) atoms. The average molecular weight is 658 g/mol. The van der Waals surface area contributed by atoms with Crippen LogP contribution in [0.1, 0.15) is 92.1 Å². The van der Waals surface area contributed by atoms with E-state index < -0.39 is 0 Å². The van der Waals surface area contributed by atoms with E-state index in [1.165, 1.54) is 53.4 Å². The molecular formula is C40H50ClN2O4+. The molecule has 2 aliphatic heterocycles. The van der Waals surface area contributed by atoms with Gasteiger partial charge in [0.25, 0.3) is 0 Å². The zero-order chi connectivity index (χ0) is 33.8. The third kappa shape index (κ3) is 7.43. The summed E-state index contributed by atoms with van der Waals surface area (Å²) in [6, 6.07) is 8.58. The number of para-hydroxylation sites is 1. The molecule has 0 atom stereocenters. The molecule has 0 amide bonds. The van der Waals surface area contributed by atoms with Crippen LogP contribution in [0.5, 0.6) is 0 Å². The number of fused-ring (bicyclic) bond motifs is 1. The molecular weight excluding hydrogens is 608 g/mol. The van der Waals surface area contributed by atoms with E-state index in [0.717, 1.165) is 68.6 Å². The molecule has 0 fully saturated rings. The second kappa shape index (κ2) is 14.6. The van der Waals surface area contributed by atoms with E-state index in [2.05, 4.69) is 97.9 Å². The number of carbonyl (C=O) groups is 2. The van der Waals surface area contributed by atoms with Crippen LogP contribution in [0.3, 0.4) is 0 Å². The van der Waals surface area contributed by atoms with E-state index in [1.807, 2.05) is 0 Å². The number of benzene rings is 1. The molecule has 0 spiro atoms. The molecule has 0 saturated carbocycles. The van der Waals surface area contributed by atoms with Crippen molar-refractivity contribution in [3.63, 3.8) is 0 Å². The van der Waals surface area contributed by atoms with Gasteiger partial charge in [-0.2, -0.15) is 4.58 Å². The molecule has 0 radical (unpaired) electrons. The fraction of sp³-hybridized carbons (Fsp3) is 0.475. The molecule has 2 heterocycles. The highest BCUT2D eigenvalue weighted by molar-refractivity contribution is 6.32. The van der Waals surface area contributed by atoms with E-state index in [-0.39, 0.29) is 22.8 Å². The number of nitrogens with zero attached hydrogens (tertiary/aromatic N) is 2. The molecule has 0 unspecified atom stereocenters. The van der Waals surface area contributed by atoms with Gasteiger partial charge in [-0.3, -0.25) is 9.59 Å². The van der Waals surface area contributed by atoms with E-state index in [9.17, 15) is 9.59 Å². The molecule has 5 rings (SSSR count). The zero-order valence-electron chi connectivity index (χ0n) is 29.0. The minimum absolute atomic E-state index is 0.0925. The van der Waals surface area contributed by atoms with E-state index in [0.29, 0.717) is 13.2 Å². The van der Waals surface area contributed by atoms with Crippen LogP contribution in [-0.4, -0.2) is 53.4 Å². The molecule has 4 aliphatic rings. The van der Waals surface area contributed by atoms with Gasteiger partial charge in [-0.1, -0.05) is 61.9 Å². The number of hydrogen-bond acceptors (Lipinski definition) is 5. The monoisotopic (exact) mass is 657 g/mol. The number of hydrogen-bond donors (Lipinski definition) is 0. The van der Waals surface area contributed by atoms with Crippen LogP contribution in [0, 0.1) is 5.41 Å². The number of esters is 2. The van der Waals surface area contributed by atoms with Crippen LogP contribution in [0.2, 0.25) is 0 Å². The first-order valence-electron chi connectivity index (χ1n) is 17.1. The SMILES string of the molecule is CC(=O)OCCCN1C2=C(CCC=C2)C(C)(C)/C1=C\C=C1/CCCC(/C=C/C2=[N+](CCCOC(C)=O)c3ccccc3C2(C)C)=C1Cl. The second-order valence-electron chi connectivity index (χ2n) is 13.9. The molecule has 1 aromatic carbocycles. The second-order valence-corrected chi connectivity index (χ2v) is 14.3. The van der Waals surface area contributed by atoms with Gasteiger partial charge in [0.2, 0.25) is 5.69 Å². The molecule has 0 bridgehead atoms. The lowest BCUT2D eigenvalue weighted by atomic mass is 9.79. The van der Waals surface area contributed by atoms with E-state index >= 15 is 0 Å². The Morgan fingerprint density at radius 2 is 1.66 bits per heavy atom. The van der Waals surface area contributed by atoms with E-state index in [1.54, 1.807) is 0 Å². The lowest BCUT2D eigenvalue weighted by Crippen LogP contribution is -2.28. The van der Waals surface area contributed by atoms with Crippen molar-refractivity contribution in [2.24, 2.45) is 5.41 Å². The lowest BCUT2D eigenvalue weighted by Gasteiger charge is -2.29. The summed E-state index contributed by atoms with van der Waals surface area (Å²) in [4.78, 5) is 25.1. The van der Waals surface area contributed by atoms with Crippen molar-refractivity contribution in [3.8, 4) is 0 Å². The standard InChI is InChI=1S/C40H50ClN2O4/c1-28(44)46-26-12-24-42-34-18-9-7-16-32(34)39(3,4)36(42)22-20-30-14-11-15-31(38(30)41)21-23-37-40(5,6)33-17-8-10-19-35(33)43(37)25-13-27-47-29(2)45/h7,9-10,16,18-23H,8,11-15,17,24-27H2,1-6H3/q+1. The lowest BCUT2D eigenvalue weighted by molar-refractivity contribution is -0.438. The predicted octanol–water partition coefficient (Wildman–Crippen LogP) is 8.96. The van der Waals surface area contributed by atoms with Crippen LogP contribution >= 0.6 is 11.6 Å². The van der Waals surface area contributed by atoms with Gasteiger partial charge < -0.3 is 14.4 Å². The topological polar surface area (TPSA) is 58.9 Å². The Bertz CT molecular complexity index is 1630. The molecule has 1 aromatic rings. The number of halogens is 1. The summed E-state index contributed by atoms with van der Waals surface area (Å²) in [5.41, 5.74) is 9.81. The highest BCUT2D eigenvalue weighted by Gasteiger charge is 2.44. The van der Waals surface area contributed by atoms with Crippen LogP contribution in [0.4, 0.5) is 5.69 Å². The smallest absolute Gasteiger partial charge is 0.302 e. The van der Waals surface area contributed by atoms with Gasteiger partial charge in [0, 0.05) is 66.4 Å². The Kier molecular flexibility index (Phi) is 10.8. The van der Waals surface area contributed by atoms with Crippen molar-refractivity contribution in [3.05, 3.63) is 99.4 Å². The first kappa shape index (κ1) is 34.7. The molecule has 6 nitrogen and oxygen atoms in total. The Hall–Kier alpha value is -3.64. The summed E-state index contributed by atoms with van der Waals surface area (Å²) in [6.45, 7) is 14.5. The van der Waals surface area contributed by atoms with Crippen LogP contribution < -0.4 is 0 Å². The van der Waals surface area contributed by atoms with Gasteiger partial charge in [-0.05, 0) is 81.2 Å². The first-order chi connectivity index (χ1) is 22.4. The largest absolute Gasteiger partial charge is 0.466 e. The van der Waals surface area contributed by atoms with Gasteiger partial charge >= 0.3 is 11.9 Å². The van der Waals surface area contributed by atoms with Crippen LogP contribution in [-0.2, 0) is 24.5 Å². The summed E-state index contributed by atoms with van der Waals surface area (Å²) < 4.78 is 12.9. The fourth-order valence-corrected chi connectivity index (χ4v) is 7.84. The molecule has 0 N–H and O–H groups in total. The van der Waals surface area contributed by atoms with Crippen molar-refractivity contribution < 1.29 is 23.6 Å². The predicted molar refractivity (Wildman–Crippen MR) is 190 cm³/mol. The maximum absolute atomic E-state index is 11.3. The van der Waals surface area contributed by atoms with Crippen molar-refractivity contribution in [2.75, 3.05) is 26.3 Å². The van der Waals surface area contributed by atoms with Gasteiger partial charge in [0.1, 0.15) is 0 Å². The number of carbonyl (C=O) groups excluding carboxylic acids is 2. The summed E-state index contributed by atoms with van der Waals surface area (Å²) in [5.74, 6) is -0.481. The van der Waals surface area contributed by atoms with Gasteiger partial charge in [0.05, 0.1) is 18.6 Å². The van der Waals surface area contributed by atoms with Crippen molar-refractivity contribution in [1.82, 2.24) is 4.90 Å². The minimum Gasteiger partial charge on any atom is -0.466 e. The first-order valence-corrected chi connectivity index (χ1v) is 17.5. The normalized spacial score (nSPS) is 21.7. The summed E-state index contributed by atoms with van der Waals surface area (Å²) in [7, 11) is 0. The molecule has 250 valence electrons. The highest BCUT2D eigenvalue weighted by Crippen LogP contribution is 2.50. The van der Waals surface area contributed by atoms with E-state index in [4.69, 9.17) is 21.1 Å². The molecule has 7 heteroatoms. The zero-order valence-corrected chi connectivity index (χ0v) is 29.7. The molecule has 2 aliphatic carbocycles.